The van der Waals surface area contributed by atoms with E-state index in [1.807, 2.05) is 4.90 Å². The topological polar surface area (TPSA) is 44.8 Å². The summed E-state index contributed by atoms with van der Waals surface area (Å²) in [5, 5.41) is 3.30. The average Bonchev–Trinajstić information content (AvgIpc) is 3.32. The molecule has 2 aliphatic heterocycles. The fraction of sp³-hybridized carbons (Fsp3) is 0.933. The van der Waals surface area contributed by atoms with Crippen molar-refractivity contribution in [3.8, 4) is 0 Å². The van der Waals surface area contributed by atoms with E-state index in [9.17, 15) is 4.79 Å². The Morgan fingerprint density at radius 2 is 1.75 bits per heavy atom. The first-order valence-corrected chi connectivity index (χ1v) is 8.13. The lowest BCUT2D eigenvalue weighted by Crippen LogP contribution is -2.54. The number of ether oxygens (including phenoxy) is 1. The highest BCUT2D eigenvalue weighted by Gasteiger charge is 2.27. The van der Waals surface area contributed by atoms with E-state index in [0.717, 1.165) is 64.7 Å². The van der Waals surface area contributed by atoms with E-state index in [4.69, 9.17) is 4.74 Å². The number of nitrogens with zero attached hydrogens (tertiary/aromatic N) is 2. The maximum atomic E-state index is 12.1. The first-order valence-electron chi connectivity index (χ1n) is 8.13. The monoisotopic (exact) mass is 281 g/mol. The summed E-state index contributed by atoms with van der Waals surface area (Å²) in [7, 11) is 0. The van der Waals surface area contributed by atoms with Crippen LogP contribution in [-0.4, -0.2) is 74.2 Å². The Hall–Kier alpha value is -0.650. The maximum absolute atomic E-state index is 12.1. The van der Waals surface area contributed by atoms with Gasteiger partial charge < -0.3 is 15.0 Å². The number of piperazine rings is 1. The lowest BCUT2D eigenvalue weighted by Gasteiger charge is -2.40. The Bertz CT molecular complexity index is 319. The first kappa shape index (κ1) is 14.3. The molecular weight excluding hydrogens is 254 g/mol. The summed E-state index contributed by atoms with van der Waals surface area (Å²) >= 11 is 0. The molecule has 0 aromatic rings. The summed E-state index contributed by atoms with van der Waals surface area (Å²) in [5.74, 6) is 1.12. The molecule has 5 heteroatoms. The number of nitrogens with one attached hydrogen (secondary N) is 1. The van der Waals surface area contributed by atoms with Gasteiger partial charge in [-0.25, -0.2) is 0 Å². The molecule has 1 N–H and O–H groups in total. The van der Waals surface area contributed by atoms with E-state index in [1.54, 1.807) is 0 Å². The average molecular weight is 281 g/mol. The van der Waals surface area contributed by atoms with Gasteiger partial charge in [0.05, 0.1) is 6.54 Å². The Morgan fingerprint density at radius 3 is 2.40 bits per heavy atom. The van der Waals surface area contributed by atoms with Crippen molar-refractivity contribution in [2.75, 3.05) is 52.5 Å². The van der Waals surface area contributed by atoms with E-state index in [-0.39, 0.29) is 5.91 Å². The van der Waals surface area contributed by atoms with E-state index in [0.29, 0.717) is 12.6 Å². The van der Waals surface area contributed by atoms with Gasteiger partial charge in [0.1, 0.15) is 0 Å². The summed E-state index contributed by atoms with van der Waals surface area (Å²) in [6.07, 6.45) is 4.98. The second-order valence-corrected chi connectivity index (χ2v) is 6.33. The van der Waals surface area contributed by atoms with Gasteiger partial charge in [0.2, 0.25) is 5.91 Å². The SMILES string of the molecule is O=C(CNCC1CC1)N1CCN(C2CCOCC2)CC1. The highest BCUT2D eigenvalue weighted by atomic mass is 16.5. The second-order valence-electron chi connectivity index (χ2n) is 6.33. The number of carbonyl (C=O) groups excluding carboxylic acids is 1. The molecule has 0 unspecified atom stereocenters. The Balaban J connectivity index is 1.35. The molecule has 0 spiro atoms. The van der Waals surface area contributed by atoms with Gasteiger partial charge in [0, 0.05) is 45.4 Å². The minimum absolute atomic E-state index is 0.275. The molecule has 1 aliphatic carbocycles. The van der Waals surface area contributed by atoms with Crippen molar-refractivity contribution in [3.05, 3.63) is 0 Å². The second kappa shape index (κ2) is 6.87. The van der Waals surface area contributed by atoms with Crippen LogP contribution in [0, 0.1) is 5.92 Å². The number of hydrogen-bond acceptors (Lipinski definition) is 4. The largest absolute Gasteiger partial charge is 0.381 e. The highest BCUT2D eigenvalue weighted by Crippen LogP contribution is 2.27. The molecule has 5 nitrogen and oxygen atoms in total. The van der Waals surface area contributed by atoms with Crippen molar-refractivity contribution in [2.45, 2.75) is 31.7 Å². The summed E-state index contributed by atoms with van der Waals surface area (Å²) in [4.78, 5) is 16.7. The maximum Gasteiger partial charge on any atom is 0.236 e. The summed E-state index contributed by atoms with van der Waals surface area (Å²) < 4.78 is 5.42. The van der Waals surface area contributed by atoms with E-state index >= 15 is 0 Å². The molecule has 3 rings (SSSR count). The van der Waals surface area contributed by atoms with Gasteiger partial charge in [-0.2, -0.15) is 0 Å². The molecular formula is C15H27N3O2. The van der Waals surface area contributed by atoms with E-state index in [2.05, 4.69) is 10.2 Å². The number of hydrogen-bond donors (Lipinski definition) is 1. The Kier molecular flexibility index (Phi) is 4.91. The minimum Gasteiger partial charge on any atom is -0.381 e. The smallest absolute Gasteiger partial charge is 0.236 e. The summed E-state index contributed by atoms with van der Waals surface area (Å²) in [6.45, 7) is 7.17. The molecule has 0 bridgehead atoms. The zero-order chi connectivity index (χ0) is 13.8. The molecule has 3 fully saturated rings. The van der Waals surface area contributed by atoms with Gasteiger partial charge in [-0.3, -0.25) is 9.69 Å². The fourth-order valence-corrected chi connectivity index (χ4v) is 3.20. The van der Waals surface area contributed by atoms with Crippen molar-refractivity contribution in [1.29, 1.82) is 0 Å². The summed E-state index contributed by atoms with van der Waals surface area (Å²) in [6, 6.07) is 0.675. The third kappa shape index (κ3) is 3.93. The van der Waals surface area contributed by atoms with E-state index < -0.39 is 0 Å². The normalized spacial score (nSPS) is 25.9. The van der Waals surface area contributed by atoms with Crippen LogP contribution >= 0.6 is 0 Å². The number of carbonyl (C=O) groups is 1. The Labute approximate surface area is 121 Å². The van der Waals surface area contributed by atoms with Crippen LogP contribution in [0.2, 0.25) is 0 Å². The molecule has 2 saturated heterocycles. The van der Waals surface area contributed by atoms with Crippen LogP contribution in [0.4, 0.5) is 0 Å². The minimum atomic E-state index is 0.275. The zero-order valence-electron chi connectivity index (χ0n) is 12.4. The van der Waals surface area contributed by atoms with Gasteiger partial charge in [0.25, 0.3) is 0 Å². The number of amides is 1. The van der Waals surface area contributed by atoms with Crippen molar-refractivity contribution < 1.29 is 9.53 Å². The van der Waals surface area contributed by atoms with Crippen LogP contribution < -0.4 is 5.32 Å². The van der Waals surface area contributed by atoms with Crippen molar-refractivity contribution in [2.24, 2.45) is 5.92 Å². The molecule has 0 atom stereocenters. The third-order valence-electron chi connectivity index (χ3n) is 4.78. The van der Waals surface area contributed by atoms with E-state index in [1.165, 1.54) is 12.8 Å². The van der Waals surface area contributed by atoms with Crippen molar-refractivity contribution in [3.63, 3.8) is 0 Å². The molecule has 114 valence electrons. The first-order chi connectivity index (χ1) is 9.83. The standard InChI is InChI=1S/C15H27N3O2/c19-15(12-16-11-13-1-2-13)18-7-5-17(6-8-18)14-3-9-20-10-4-14/h13-14,16H,1-12H2. The Morgan fingerprint density at radius 1 is 1.05 bits per heavy atom. The quantitative estimate of drug-likeness (QED) is 0.788. The lowest BCUT2D eigenvalue weighted by molar-refractivity contribution is -0.132. The van der Waals surface area contributed by atoms with Gasteiger partial charge >= 0.3 is 0 Å². The predicted molar refractivity (Wildman–Crippen MR) is 77.6 cm³/mol. The van der Waals surface area contributed by atoms with Crippen molar-refractivity contribution >= 4 is 5.91 Å². The van der Waals surface area contributed by atoms with Crippen LogP contribution in [-0.2, 0) is 9.53 Å². The van der Waals surface area contributed by atoms with Crippen LogP contribution in [0.3, 0.4) is 0 Å². The van der Waals surface area contributed by atoms with Crippen LogP contribution in [0.25, 0.3) is 0 Å². The molecule has 0 aromatic carbocycles. The molecule has 0 radical (unpaired) electrons. The van der Waals surface area contributed by atoms with Crippen LogP contribution in [0.5, 0.6) is 0 Å². The zero-order valence-corrected chi connectivity index (χ0v) is 12.4. The van der Waals surface area contributed by atoms with Gasteiger partial charge in [-0.15, -0.1) is 0 Å². The van der Waals surface area contributed by atoms with Gasteiger partial charge in [-0.1, -0.05) is 0 Å². The molecule has 3 aliphatic rings. The molecule has 2 heterocycles. The van der Waals surface area contributed by atoms with Gasteiger partial charge in [0.15, 0.2) is 0 Å². The molecule has 1 saturated carbocycles. The third-order valence-corrected chi connectivity index (χ3v) is 4.78. The molecule has 1 amide bonds. The molecule has 20 heavy (non-hydrogen) atoms. The van der Waals surface area contributed by atoms with Crippen LogP contribution in [0.15, 0.2) is 0 Å². The fourth-order valence-electron chi connectivity index (χ4n) is 3.20. The lowest BCUT2D eigenvalue weighted by atomic mass is 10.1. The predicted octanol–water partition coefficient (Wildman–Crippen LogP) is 0.309. The summed E-state index contributed by atoms with van der Waals surface area (Å²) in [5.41, 5.74) is 0. The van der Waals surface area contributed by atoms with Crippen molar-refractivity contribution in [1.82, 2.24) is 15.1 Å². The van der Waals surface area contributed by atoms with Crippen LogP contribution in [0.1, 0.15) is 25.7 Å². The highest BCUT2D eigenvalue weighted by molar-refractivity contribution is 5.78. The molecule has 0 aromatic heterocycles. The number of rotatable bonds is 5. The van der Waals surface area contributed by atoms with Gasteiger partial charge in [-0.05, 0) is 38.1 Å².